The summed E-state index contributed by atoms with van der Waals surface area (Å²) in [5.41, 5.74) is 6.93. The summed E-state index contributed by atoms with van der Waals surface area (Å²) in [7, 11) is 1.93. The summed E-state index contributed by atoms with van der Waals surface area (Å²) >= 11 is 0. The van der Waals surface area contributed by atoms with Crippen LogP contribution in [-0.2, 0) is 9.53 Å². The second-order valence-electron chi connectivity index (χ2n) is 7.79. The van der Waals surface area contributed by atoms with Gasteiger partial charge in [0.05, 0.1) is 11.4 Å². The zero-order chi connectivity index (χ0) is 18.4. The Hall–Kier alpha value is -2.44. The number of nitrogens with zero attached hydrogens (tertiary/aromatic N) is 2. The average molecular weight is 346 g/mol. The smallest absolute Gasteiger partial charge is 0.410 e. The lowest BCUT2D eigenvalue weighted by Crippen LogP contribution is -2.63. The third-order valence-corrected chi connectivity index (χ3v) is 4.94. The lowest BCUT2D eigenvalue weighted by Gasteiger charge is -2.49. The zero-order valence-corrected chi connectivity index (χ0v) is 15.3. The van der Waals surface area contributed by atoms with Crippen LogP contribution in [0.2, 0.25) is 0 Å². The first-order valence-electron chi connectivity index (χ1n) is 8.55. The molecule has 0 unspecified atom stereocenters. The fourth-order valence-corrected chi connectivity index (χ4v) is 3.52. The predicted octanol–water partition coefficient (Wildman–Crippen LogP) is 2.43. The van der Waals surface area contributed by atoms with E-state index in [2.05, 4.69) is 5.32 Å². The number of hydrogen-bond donors (Lipinski definition) is 2. The molecule has 25 heavy (non-hydrogen) atoms. The number of carbonyl (C=O) groups is 2. The number of benzene rings is 1. The minimum Gasteiger partial charge on any atom is -0.444 e. The third kappa shape index (κ3) is 3.10. The molecule has 2 aliphatic heterocycles. The van der Waals surface area contributed by atoms with Crippen molar-refractivity contribution in [1.29, 1.82) is 0 Å². The highest BCUT2D eigenvalue weighted by molar-refractivity contribution is 6.07. The molecule has 7 nitrogen and oxygen atoms in total. The number of rotatable bonds is 0. The number of piperidine rings is 1. The van der Waals surface area contributed by atoms with E-state index in [4.69, 9.17) is 10.5 Å². The van der Waals surface area contributed by atoms with E-state index in [1.807, 2.05) is 44.9 Å². The Bertz CT molecular complexity index is 703. The molecule has 0 aliphatic carbocycles. The highest BCUT2D eigenvalue weighted by Gasteiger charge is 2.49. The van der Waals surface area contributed by atoms with Crippen LogP contribution >= 0.6 is 0 Å². The van der Waals surface area contributed by atoms with Crippen molar-refractivity contribution in [3.05, 3.63) is 18.2 Å². The number of ether oxygens (including phenoxy) is 1. The Labute approximate surface area is 148 Å². The van der Waals surface area contributed by atoms with Crippen molar-refractivity contribution in [2.24, 2.45) is 0 Å². The molecule has 0 saturated carbocycles. The molecular formula is C18H26N4O3. The minimum atomic E-state index is -0.651. The van der Waals surface area contributed by atoms with Gasteiger partial charge in [-0.05, 0) is 51.8 Å². The number of hydrogen-bond acceptors (Lipinski definition) is 5. The average Bonchev–Trinajstić information content (AvgIpc) is 2.51. The molecule has 1 aromatic carbocycles. The molecule has 2 aliphatic rings. The zero-order valence-electron chi connectivity index (χ0n) is 15.3. The first kappa shape index (κ1) is 17.4. The van der Waals surface area contributed by atoms with Gasteiger partial charge in [-0.2, -0.15) is 0 Å². The highest BCUT2D eigenvalue weighted by Crippen LogP contribution is 2.41. The lowest BCUT2D eigenvalue weighted by molar-refractivity contribution is -0.123. The van der Waals surface area contributed by atoms with Crippen LogP contribution in [0.25, 0.3) is 0 Å². The first-order valence-corrected chi connectivity index (χ1v) is 8.55. The van der Waals surface area contributed by atoms with Crippen LogP contribution in [-0.4, -0.2) is 48.2 Å². The number of carbonyl (C=O) groups excluding carboxylic acids is 2. The molecular weight excluding hydrogens is 320 g/mol. The molecule has 3 N–H and O–H groups in total. The molecule has 3 rings (SSSR count). The van der Waals surface area contributed by atoms with Crippen molar-refractivity contribution in [2.75, 3.05) is 36.1 Å². The van der Waals surface area contributed by atoms with Gasteiger partial charge in [0.1, 0.15) is 11.1 Å². The number of nitrogen functional groups attached to an aromatic ring is 1. The van der Waals surface area contributed by atoms with Gasteiger partial charge < -0.3 is 25.6 Å². The summed E-state index contributed by atoms with van der Waals surface area (Å²) in [5.74, 6) is -0.0445. The van der Waals surface area contributed by atoms with Crippen LogP contribution in [0, 0.1) is 0 Å². The molecule has 136 valence electrons. The summed E-state index contributed by atoms with van der Waals surface area (Å²) in [6.45, 7) is 6.51. The van der Waals surface area contributed by atoms with Gasteiger partial charge >= 0.3 is 6.09 Å². The molecule has 7 heteroatoms. The van der Waals surface area contributed by atoms with Crippen LogP contribution in [0.1, 0.15) is 33.6 Å². The Morgan fingerprint density at radius 1 is 1.28 bits per heavy atom. The molecule has 0 bridgehead atoms. The topological polar surface area (TPSA) is 87.9 Å². The summed E-state index contributed by atoms with van der Waals surface area (Å²) < 4.78 is 5.43. The van der Waals surface area contributed by atoms with Crippen LogP contribution in [0.5, 0.6) is 0 Å². The van der Waals surface area contributed by atoms with Crippen molar-refractivity contribution in [3.8, 4) is 0 Å². The fraction of sp³-hybridized carbons (Fsp3) is 0.556. The largest absolute Gasteiger partial charge is 0.444 e. The molecule has 1 saturated heterocycles. The highest BCUT2D eigenvalue weighted by atomic mass is 16.6. The number of anilines is 3. The maximum absolute atomic E-state index is 12.8. The van der Waals surface area contributed by atoms with Gasteiger partial charge in [-0.15, -0.1) is 0 Å². The molecule has 1 fully saturated rings. The summed E-state index contributed by atoms with van der Waals surface area (Å²) in [4.78, 5) is 28.8. The lowest BCUT2D eigenvalue weighted by atomic mass is 9.82. The Kier molecular flexibility index (Phi) is 4.05. The van der Waals surface area contributed by atoms with Crippen LogP contribution in [0.15, 0.2) is 18.2 Å². The summed E-state index contributed by atoms with van der Waals surface area (Å²) in [5, 5.41) is 2.98. The van der Waals surface area contributed by atoms with E-state index in [0.717, 1.165) is 11.4 Å². The normalized spacial score (nSPS) is 19.4. The second-order valence-corrected chi connectivity index (χ2v) is 7.79. The maximum Gasteiger partial charge on any atom is 0.410 e. The second kappa shape index (κ2) is 5.82. The van der Waals surface area contributed by atoms with Crippen LogP contribution < -0.4 is 16.0 Å². The van der Waals surface area contributed by atoms with Gasteiger partial charge in [-0.3, -0.25) is 4.79 Å². The molecule has 0 radical (unpaired) electrons. The van der Waals surface area contributed by atoms with Crippen LogP contribution in [0.4, 0.5) is 21.9 Å². The summed E-state index contributed by atoms with van der Waals surface area (Å²) in [6.07, 6.45) is 0.783. The standard InChI is InChI=1S/C18H26N4O3/c1-17(2,3)25-16(24)22-9-7-18(8-10-22)15(23)20-13-11-12(19)5-6-14(13)21(18)4/h5-6,11H,7-10,19H2,1-4H3,(H,20,23). The SMILES string of the molecule is CN1c2ccc(N)cc2NC(=O)C12CCN(C(=O)OC(C)(C)C)CC2. The first-order chi connectivity index (χ1) is 11.6. The van der Waals surface area contributed by atoms with Crippen molar-refractivity contribution >= 4 is 29.1 Å². The summed E-state index contributed by atoms with van der Waals surface area (Å²) in [6, 6.07) is 5.52. The van der Waals surface area contributed by atoms with Crippen molar-refractivity contribution in [1.82, 2.24) is 4.90 Å². The van der Waals surface area contributed by atoms with Gasteiger partial charge in [-0.1, -0.05) is 0 Å². The van der Waals surface area contributed by atoms with Crippen LogP contribution in [0.3, 0.4) is 0 Å². The van der Waals surface area contributed by atoms with E-state index >= 15 is 0 Å². The monoisotopic (exact) mass is 346 g/mol. The number of amides is 2. The number of likely N-dealkylation sites (N-methyl/N-ethyl adjacent to an activating group) is 1. The Balaban J connectivity index is 1.77. The van der Waals surface area contributed by atoms with Gasteiger partial charge in [0.15, 0.2) is 0 Å². The number of fused-ring (bicyclic) bond motifs is 1. The number of nitrogens with two attached hydrogens (primary N) is 1. The van der Waals surface area contributed by atoms with E-state index in [-0.39, 0.29) is 12.0 Å². The quantitative estimate of drug-likeness (QED) is 0.705. The van der Waals surface area contributed by atoms with E-state index in [1.54, 1.807) is 11.0 Å². The number of nitrogens with one attached hydrogen (secondary N) is 1. The van der Waals surface area contributed by atoms with E-state index in [1.165, 1.54) is 0 Å². The van der Waals surface area contributed by atoms with E-state index in [9.17, 15) is 9.59 Å². The van der Waals surface area contributed by atoms with E-state index in [0.29, 0.717) is 31.6 Å². The van der Waals surface area contributed by atoms with Gasteiger partial charge in [-0.25, -0.2) is 4.79 Å². The Morgan fingerprint density at radius 2 is 1.92 bits per heavy atom. The van der Waals surface area contributed by atoms with Crippen molar-refractivity contribution < 1.29 is 14.3 Å². The van der Waals surface area contributed by atoms with Gasteiger partial charge in [0.2, 0.25) is 5.91 Å². The van der Waals surface area contributed by atoms with Gasteiger partial charge in [0, 0.05) is 25.8 Å². The molecule has 1 aromatic rings. The minimum absolute atomic E-state index is 0.0445. The van der Waals surface area contributed by atoms with Crippen molar-refractivity contribution in [2.45, 2.75) is 44.8 Å². The van der Waals surface area contributed by atoms with E-state index < -0.39 is 11.1 Å². The molecule has 2 amide bonds. The molecule has 2 heterocycles. The molecule has 0 aromatic heterocycles. The Morgan fingerprint density at radius 3 is 2.52 bits per heavy atom. The number of likely N-dealkylation sites (tertiary alicyclic amines) is 1. The third-order valence-electron chi connectivity index (χ3n) is 4.94. The molecule has 1 spiro atoms. The van der Waals surface area contributed by atoms with Crippen molar-refractivity contribution in [3.63, 3.8) is 0 Å². The predicted molar refractivity (Wildman–Crippen MR) is 97.7 cm³/mol. The van der Waals surface area contributed by atoms with Gasteiger partial charge in [0.25, 0.3) is 0 Å². The fourth-order valence-electron chi connectivity index (χ4n) is 3.52. The maximum atomic E-state index is 12.8. The molecule has 0 atom stereocenters.